The Morgan fingerprint density at radius 1 is 1.35 bits per heavy atom. The van der Waals surface area contributed by atoms with Gasteiger partial charge in [0, 0.05) is 11.3 Å². The summed E-state index contributed by atoms with van der Waals surface area (Å²) < 4.78 is 25.7. The minimum Gasteiger partial charge on any atom is -0.258 e. The molecule has 0 aliphatic carbocycles. The van der Waals surface area contributed by atoms with Crippen molar-refractivity contribution in [3.63, 3.8) is 0 Å². The molecule has 0 aromatic heterocycles. The molecule has 2 rings (SSSR count). The van der Waals surface area contributed by atoms with Crippen LogP contribution in [-0.2, 0) is 5.38 Å². The number of nitrogens with zero attached hydrogens (tertiary/aromatic N) is 3. The Hall–Kier alpha value is -1.01. The van der Waals surface area contributed by atoms with Gasteiger partial charge in [-0.25, -0.2) is 0 Å². The van der Waals surface area contributed by atoms with Crippen molar-refractivity contribution in [3.05, 3.63) is 29.8 Å². The summed E-state index contributed by atoms with van der Waals surface area (Å²) in [4.78, 5) is 4.07. The van der Waals surface area contributed by atoms with E-state index in [0.717, 1.165) is 12.3 Å². The van der Waals surface area contributed by atoms with Gasteiger partial charge < -0.3 is 0 Å². The number of rotatable bonds is 2. The Balaban J connectivity index is 2.16. The number of azo groups is 1. The van der Waals surface area contributed by atoms with Crippen molar-refractivity contribution in [1.29, 1.82) is 0 Å². The maximum absolute atomic E-state index is 12.8. The van der Waals surface area contributed by atoms with Crippen LogP contribution in [0, 0.1) is 0 Å². The van der Waals surface area contributed by atoms with Gasteiger partial charge in [-0.15, -0.1) is 10.2 Å². The fourth-order valence-electron chi connectivity index (χ4n) is 1.23. The van der Waals surface area contributed by atoms with E-state index in [9.17, 15) is 8.78 Å². The first-order valence-corrected chi connectivity index (χ1v) is 6.18. The monoisotopic (exact) mass is 275 g/mol. The Morgan fingerprint density at radius 2 is 2.18 bits per heavy atom. The second-order valence-corrected chi connectivity index (χ2v) is 4.80. The number of amidine groups is 1. The van der Waals surface area contributed by atoms with Crippen molar-refractivity contribution in [1.82, 2.24) is 0 Å². The second kappa shape index (κ2) is 5.10. The molecule has 3 nitrogen and oxygen atoms in total. The zero-order chi connectivity index (χ0) is 12.3. The lowest BCUT2D eigenvalue weighted by atomic mass is 10.2. The molecule has 0 unspecified atom stereocenters. The molecule has 0 spiro atoms. The van der Waals surface area contributed by atoms with Gasteiger partial charge >= 0.3 is 5.38 Å². The lowest BCUT2D eigenvalue weighted by Crippen LogP contribution is -2.02. The number of halogens is 3. The highest BCUT2D eigenvalue weighted by molar-refractivity contribution is 8.14. The first kappa shape index (κ1) is 12.4. The molecule has 7 heteroatoms. The van der Waals surface area contributed by atoms with Crippen LogP contribution in [0.1, 0.15) is 5.56 Å². The maximum atomic E-state index is 12.8. The molecule has 0 radical (unpaired) electrons. The topological polar surface area (TPSA) is 37.1 Å². The molecule has 1 heterocycles. The molecule has 90 valence electrons. The van der Waals surface area contributed by atoms with Crippen LogP contribution in [-0.4, -0.2) is 17.5 Å². The number of hydrogen-bond donors (Lipinski definition) is 0. The molecule has 0 atom stereocenters. The van der Waals surface area contributed by atoms with Gasteiger partial charge in [-0.2, -0.15) is 8.78 Å². The summed E-state index contributed by atoms with van der Waals surface area (Å²) in [5.74, 6) is 0.883. The zero-order valence-corrected chi connectivity index (χ0v) is 10.2. The average Bonchev–Trinajstić information content (AvgIpc) is 2.78. The van der Waals surface area contributed by atoms with Gasteiger partial charge in [0.1, 0.15) is 0 Å². The van der Waals surface area contributed by atoms with Crippen LogP contribution in [0.15, 0.2) is 39.5 Å². The lowest BCUT2D eigenvalue weighted by molar-refractivity contribution is 0.0952. The molecule has 1 aliphatic rings. The molecule has 0 amide bonds. The molecular formula is C10H8ClF2N3S. The minimum atomic E-state index is -3.38. The number of hydrogen-bond acceptors (Lipinski definition) is 4. The van der Waals surface area contributed by atoms with Crippen molar-refractivity contribution in [2.24, 2.45) is 15.2 Å². The largest absolute Gasteiger partial charge is 0.348 e. The van der Waals surface area contributed by atoms with Crippen LogP contribution in [0.3, 0.4) is 0 Å². The van der Waals surface area contributed by atoms with E-state index in [1.807, 2.05) is 0 Å². The van der Waals surface area contributed by atoms with Gasteiger partial charge in [-0.3, -0.25) is 4.99 Å². The Labute approximate surface area is 106 Å². The minimum absolute atomic E-state index is 0.295. The van der Waals surface area contributed by atoms with Crippen LogP contribution >= 0.6 is 23.4 Å². The molecule has 1 aliphatic heterocycles. The van der Waals surface area contributed by atoms with Crippen LogP contribution in [0.2, 0.25) is 0 Å². The van der Waals surface area contributed by atoms with Crippen molar-refractivity contribution >= 4 is 34.2 Å². The molecule has 0 fully saturated rings. The second-order valence-electron chi connectivity index (χ2n) is 3.26. The molecule has 17 heavy (non-hydrogen) atoms. The van der Waals surface area contributed by atoms with E-state index >= 15 is 0 Å². The zero-order valence-electron chi connectivity index (χ0n) is 8.61. The third-order valence-corrected chi connectivity index (χ3v) is 3.07. The fourth-order valence-corrected chi connectivity index (χ4v) is 1.99. The molecule has 0 N–H and O–H groups in total. The molecule has 1 aromatic rings. The Morgan fingerprint density at radius 3 is 2.82 bits per heavy atom. The van der Waals surface area contributed by atoms with Crippen LogP contribution in [0.4, 0.5) is 14.5 Å². The highest BCUT2D eigenvalue weighted by Gasteiger charge is 2.27. The summed E-state index contributed by atoms with van der Waals surface area (Å²) in [5.41, 5.74) is 0.0367. The van der Waals surface area contributed by atoms with Gasteiger partial charge in [0.2, 0.25) is 5.17 Å². The van der Waals surface area contributed by atoms with Gasteiger partial charge in [-0.1, -0.05) is 23.9 Å². The average molecular weight is 276 g/mol. The summed E-state index contributed by atoms with van der Waals surface area (Å²) in [6, 6.07) is 5.49. The van der Waals surface area contributed by atoms with E-state index in [-0.39, 0.29) is 5.56 Å². The van der Waals surface area contributed by atoms with Crippen LogP contribution in [0.25, 0.3) is 0 Å². The van der Waals surface area contributed by atoms with Crippen LogP contribution in [0.5, 0.6) is 0 Å². The Kier molecular flexibility index (Phi) is 3.73. The van der Waals surface area contributed by atoms with E-state index in [2.05, 4.69) is 15.2 Å². The number of thioether (sulfide) groups is 1. The van der Waals surface area contributed by atoms with Crippen LogP contribution < -0.4 is 0 Å². The smallest absolute Gasteiger partial charge is 0.258 e. The van der Waals surface area contributed by atoms with E-state index in [4.69, 9.17) is 11.6 Å². The SMILES string of the molecule is FC(F)(Cl)c1cccc(N=NC2=NCCS2)c1. The summed E-state index contributed by atoms with van der Waals surface area (Å²) in [5, 5.41) is 4.90. The third kappa shape index (κ3) is 3.47. The predicted octanol–water partition coefficient (Wildman–Crippen LogP) is 4.16. The van der Waals surface area contributed by atoms with E-state index in [0.29, 0.717) is 10.9 Å². The summed E-state index contributed by atoms with van der Waals surface area (Å²) in [7, 11) is 0. The normalized spacial score (nSPS) is 16.5. The van der Waals surface area contributed by atoms with Gasteiger partial charge in [0.25, 0.3) is 0 Å². The van der Waals surface area contributed by atoms with Crippen molar-refractivity contribution in [2.45, 2.75) is 5.38 Å². The third-order valence-electron chi connectivity index (χ3n) is 1.99. The van der Waals surface area contributed by atoms with Crippen molar-refractivity contribution < 1.29 is 8.78 Å². The van der Waals surface area contributed by atoms with Gasteiger partial charge in [0.05, 0.1) is 12.2 Å². The number of benzene rings is 1. The predicted molar refractivity (Wildman–Crippen MR) is 65.5 cm³/mol. The van der Waals surface area contributed by atoms with E-state index in [1.54, 1.807) is 6.07 Å². The highest BCUT2D eigenvalue weighted by Crippen LogP contribution is 2.34. The quantitative estimate of drug-likeness (QED) is 0.590. The summed E-state index contributed by atoms with van der Waals surface area (Å²) >= 11 is 6.41. The first-order chi connectivity index (χ1) is 8.05. The van der Waals surface area contributed by atoms with Crippen molar-refractivity contribution in [2.75, 3.05) is 12.3 Å². The lowest BCUT2D eigenvalue weighted by Gasteiger charge is -2.07. The molecule has 0 saturated carbocycles. The highest BCUT2D eigenvalue weighted by atomic mass is 35.5. The molecule has 1 aromatic carbocycles. The van der Waals surface area contributed by atoms with E-state index in [1.165, 1.54) is 30.0 Å². The van der Waals surface area contributed by atoms with Gasteiger partial charge in [0.15, 0.2) is 0 Å². The molecule has 0 bridgehead atoms. The van der Waals surface area contributed by atoms with Crippen molar-refractivity contribution in [3.8, 4) is 0 Å². The van der Waals surface area contributed by atoms with Gasteiger partial charge in [-0.05, 0) is 23.7 Å². The summed E-state index contributed by atoms with van der Waals surface area (Å²) in [6.07, 6.45) is 0. The van der Waals surface area contributed by atoms with E-state index < -0.39 is 5.38 Å². The number of aliphatic imine (C=N–C) groups is 1. The Bertz CT molecular complexity index is 471. The number of alkyl halides is 3. The standard InChI is InChI=1S/C10H8ClF2N3S/c11-10(12,13)7-2-1-3-8(6-7)15-16-9-14-4-5-17-9/h1-3,6H,4-5H2. The fraction of sp³-hybridized carbons (Fsp3) is 0.300. The first-order valence-electron chi connectivity index (χ1n) is 4.82. The molecule has 0 saturated heterocycles. The molecular weight excluding hydrogens is 268 g/mol. The summed E-state index contributed by atoms with van der Waals surface area (Å²) in [6.45, 7) is 0.721. The maximum Gasteiger partial charge on any atom is 0.348 e.